The van der Waals surface area contributed by atoms with Gasteiger partial charge in [0.1, 0.15) is 10.9 Å². The molecule has 0 saturated carbocycles. The number of benzene rings is 1. The van der Waals surface area contributed by atoms with E-state index in [0.29, 0.717) is 6.42 Å². The zero-order chi connectivity index (χ0) is 14.6. The van der Waals surface area contributed by atoms with Crippen molar-refractivity contribution in [2.75, 3.05) is 0 Å². The normalized spacial score (nSPS) is 13.3. The van der Waals surface area contributed by atoms with Gasteiger partial charge in [-0.15, -0.1) is 0 Å². The molecule has 0 fully saturated rings. The molecule has 0 saturated heterocycles. The van der Waals surface area contributed by atoms with Gasteiger partial charge < -0.3 is 9.92 Å². The van der Waals surface area contributed by atoms with E-state index in [1.54, 1.807) is 12.1 Å². The predicted molar refractivity (Wildman–Crippen MR) is 71.9 cm³/mol. The summed E-state index contributed by atoms with van der Waals surface area (Å²) in [6.07, 6.45) is 0.377. The van der Waals surface area contributed by atoms with Crippen LogP contribution in [0.25, 0.3) is 0 Å². The molecule has 0 aliphatic carbocycles. The van der Waals surface area contributed by atoms with E-state index < -0.39 is 22.1 Å². The van der Waals surface area contributed by atoms with E-state index in [4.69, 9.17) is 5.73 Å². The Morgan fingerprint density at radius 1 is 1.26 bits per heavy atom. The van der Waals surface area contributed by atoms with Crippen LogP contribution in [0.5, 0.6) is 0 Å². The average Bonchev–Trinajstić information content (AvgIpc) is 2.27. The van der Waals surface area contributed by atoms with E-state index in [2.05, 4.69) is 4.18 Å². The molecule has 0 spiro atoms. The van der Waals surface area contributed by atoms with Crippen molar-refractivity contribution in [2.45, 2.75) is 38.1 Å². The molecule has 19 heavy (non-hydrogen) atoms. The second-order valence-corrected chi connectivity index (χ2v) is 6.45. The van der Waals surface area contributed by atoms with Gasteiger partial charge in [0.15, 0.2) is 0 Å². The number of hydrogen-bond donors (Lipinski definition) is 1. The van der Waals surface area contributed by atoms with Crippen molar-refractivity contribution < 1.29 is 17.4 Å². The zero-order valence-electron chi connectivity index (χ0n) is 11.3. The third kappa shape index (κ3) is 4.65. The number of nitrogens with two attached hydrogens (primary N) is 1. The molecule has 0 bridgehead atoms. The maximum atomic E-state index is 11.8. The van der Waals surface area contributed by atoms with Crippen molar-refractivity contribution in [1.29, 1.82) is 0 Å². The zero-order valence-corrected chi connectivity index (χ0v) is 12.1. The number of carbonyl (C=O) groups is 1. The van der Waals surface area contributed by atoms with E-state index in [0.717, 1.165) is 5.56 Å². The molecule has 1 rings (SSSR count). The van der Waals surface area contributed by atoms with E-state index in [-0.39, 0.29) is 10.8 Å². The van der Waals surface area contributed by atoms with Crippen LogP contribution < -0.4 is 5.73 Å². The lowest BCUT2D eigenvalue weighted by atomic mass is 10.1. The van der Waals surface area contributed by atoms with E-state index in [1.165, 1.54) is 12.1 Å². The lowest BCUT2D eigenvalue weighted by Crippen LogP contribution is -2.35. The highest BCUT2D eigenvalue weighted by Gasteiger charge is 2.25. The Kier molecular flexibility index (Phi) is 5.08. The Labute approximate surface area is 113 Å². The summed E-state index contributed by atoms with van der Waals surface area (Å²) in [5.74, 6) is -0.737. The summed E-state index contributed by atoms with van der Waals surface area (Å²) < 4.78 is 28.2. The van der Waals surface area contributed by atoms with Gasteiger partial charge in [-0.1, -0.05) is 31.5 Å². The number of aryl methyl sites for hydroxylation is 1. The fourth-order valence-corrected chi connectivity index (χ4v) is 2.43. The highest BCUT2D eigenvalue weighted by Crippen LogP contribution is 2.15. The first-order valence-electron chi connectivity index (χ1n) is 6.03. The van der Waals surface area contributed by atoms with Crippen LogP contribution in [0.2, 0.25) is 0 Å². The first-order valence-corrected chi connectivity index (χ1v) is 7.44. The molecule has 0 unspecified atom stereocenters. The second kappa shape index (κ2) is 6.16. The summed E-state index contributed by atoms with van der Waals surface area (Å²) in [5, 5.41) is 0. The summed E-state index contributed by atoms with van der Waals surface area (Å²) in [4.78, 5) is 11.6. The van der Waals surface area contributed by atoms with Crippen molar-refractivity contribution in [3.8, 4) is 0 Å². The smallest absolute Gasteiger partial charge is 0.341 e. The van der Waals surface area contributed by atoms with Crippen LogP contribution in [0, 0.1) is 12.8 Å². The van der Waals surface area contributed by atoms with Gasteiger partial charge in [-0.2, -0.15) is 8.42 Å². The molecule has 2 N–H and O–H groups in total. The van der Waals surface area contributed by atoms with Crippen molar-refractivity contribution in [2.24, 2.45) is 11.7 Å². The van der Waals surface area contributed by atoms with E-state index >= 15 is 0 Å². The standard InChI is InChI=1S/C13H19NO4S/c1-9(2)8-12(14)13(15)18-19(16,17)11-6-4-10(3)5-7-11/h4-7,9,12H,8,14H2,1-3H3/t12-/m0/s1. The Morgan fingerprint density at radius 3 is 2.26 bits per heavy atom. The molecular formula is C13H19NO4S. The Bertz CT molecular complexity index is 534. The van der Waals surface area contributed by atoms with Crippen LogP contribution in [-0.4, -0.2) is 20.4 Å². The molecule has 6 heteroatoms. The Hall–Kier alpha value is -1.40. The number of carbonyl (C=O) groups excluding carboxylic acids is 1. The van der Waals surface area contributed by atoms with Crippen LogP contribution in [0.4, 0.5) is 0 Å². The van der Waals surface area contributed by atoms with Crippen LogP contribution in [-0.2, 0) is 19.1 Å². The van der Waals surface area contributed by atoms with Gasteiger partial charge in [-0.3, -0.25) is 0 Å². The second-order valence-electron chi connectivity index (χ2n) is 4.91. The topological polar surface area (TPSA) is 86.5 Å². The molecule has 1 aromatic carbocycles. The SMILES string of the molecule is Cc1ccc(S(=O)(=O)OC(=O)[C@@H](N)CC(C)C)cc1. The molecule has 0 radical (unpaired) electrons. The van der Waals surface area contributed by atoms with Crippen LogP contribution >= 0.6 is 0 Å². The first-order chi connectivity index (χ1) is 8.72. The third-order valence-electron chi connectivity index (χ3n) is 2.53. The van der Waals surface area contributed by atoms with Gasteiger partial charge in [0.2, 0.25) is 0 Å². The van der Waals surface area contributed by atoms with Crippen molar-refractivity contribution in [3.05, 3.63) is 29.8 Å². The fourth-order valence-electron chi connectivity index (χ4n) is 1.53. The lowest BCUT2D eigenvalue weighted by Gasteiger charge is -2.13. The summed E-state index contributed by atoms with van der Waals surface area (Å²) in [6.45, 7) is 5.62. The summed E-state index contributed by atoms with van der Waals surface area (Å²) in [7, 11) is -4.09. The largest absolute Gasteiger partial charge is 0.341 e. The predicted octanol–water partition coefficient (Wildman–Crippen LogP) is 1.60. The van der Waals surface area contributed by atoms with Crippen molar-refractivity contribution >= 4 is 16.1 Å². The molecule has 5 nitrogen and oxygen atoms in total. The van der Waals surface area contributed by atoms with Crippen LogP contribution in [0.3, 0.4) is 0 Å². The summed E-state index contributed by atoms with van der Waals surface area (Å²) >= 11 is 0. The minimum Gasteiger partial charge on any atom is -0.341 e. The first kappa shape index (κ1) is 15.7. The van der Waals surface area contributed by atoms with E-state index in [9.17, 15) is 13.2 Å². The number of hydrogen-bond acceptors (Lipinski definition) is 5. The number of rotatable bonds is 5. The molecule has 0 heterocycles. The highest BCUT2D eigenvalue weighted by atomic mass is 32.2. The molecule has 0 amide bonds. The fraction of sp³-hybridized carbons (Fsp3) is 0.462. The molecule has 0 aliphatic heterocycles. The van der Waals surface area contributed by atoms with Gasteiger partial charge in [0.25, 0.3) is 0 Å². The lowest BCUT2D eigenvalue weighted by molar-refractivity contribution is -0.135. The molecule has 1 atom stereocenters. The average molecular weight is 285 g/mol. The third-order valence-corrected chi connectivity index (χ3v) is 3.76. The monoisotopic (exact) mass is 285 g/mol. The summed E-state index contributed by atoms with van der Waals surface area (Å²) in [6, 6.07) is 5.13. The van der Waals surface area contributed by atoms with Crippen molar-refractivity contribution in [3.63, 3.8) is 0 Å². The maximum absolute atomic E-state index is 11.8. The van der Waals surface area contributed by atoms with Gasteiger partial charge in [-0.25, -0.2) is 4.79 Å². The molecule has 106 valence electrons. The minimum atomic E-state index is -4.09. The molecular weight excluding hydrogens is 266 g/mol. The molecule has 0 aliphatic rings. The van der Waals surface area contributed by atoms with Gasteiger partial charge in [-0.05, 0) is 31.4 Å². The minimum absolute atomic E-state index is 0.0526. The van der Waals surface area contributed by atoms with Crippen LogP contribution in [0.1, 0.15) is 25.8 Å². The molecule has 1 aromatic rings. The quantitative estimate of drug-likeness (QED) is 0.830. The van der Waals surface area contributed by atoms with Crippen LogP contribution in [0.15, 0.2) is 29.2 Å². The Morgan fingerprint density at radius 2 is 1.79 bits per heavy atom. The highest BCUT2D eigenvalue weighted by molar-refractivity contribution is 7.87. The van der Waals surface area contributed by atoms with Gasteiger partial charge in [0, 0.05) is 0 Å². The maximum Gasteiger partial charge on any atom is 0.341 e. The Balaban J connectivity index is 2.80. The molecule has 0 aromatic heterocycles. The van der Waals surface area contributed by atoms with E-state index in [1.807, 2.05) is 20.8 Å². The van der Waals surface area contributed by atoms with Crippen molar-refractivity contribution in [1.82, 2.24) is 0 Å². The van der Waals surface area contributed by atoms with Gasteiger partial charge in [0.05, 0.1) is 0 Å². The van der Waals surface area contributed by atoms with Gasteiger partial charge >= 0.3 is 16.1 Å². The summed E-state index contributed by atoms with van der Waals surface area (Å²) in [5.41, 5.74) is 6.51.